The van der Waals surface area contributed by atoms with Gasteiger partial charge in [-0.2, -0.15) is 0 Å². The van der Waals surface area contributed by atoms with Gasteiger partial charge >= 0.3 is 0 Å². The fourth-order valence-corrected chi connectivity index (χ4v) is 3.36. The molecule has 0 unspecified atom stereocenters. The van der Waals surface area contributed by atoms with E-state index in [1.807, 2.05) is 12.1 Å². The molecule has 1 saturated heterocycles. The molecule has 0 aliphatic carbocycles. The standard InChI is InChI=1S/C16H25BrN2O/c1-18(2)11-13-6-8-19(9-7-13)12-14-10-15(17)4-5-16(14)20-3/h4-5,10,13H,6-9,11-12H2,1-3H3. The maximum absolute atomic E-state index is 5.46. The molecule has 0 N–H and O–H groups in total. The van der Waals surface area contributed by atoms with Gasteiger partial charge in [-0.3, -0.25) is 4.90 Å². The molecule has 1 aliphatic heterocycles. The maximum atomic E-state index is 5.46. The molecular formula is C16H25BrN2O. The first-order valence-electron chi connectivity index (χ1n) is 7.28. The Kier molecular flexibility index (Phi) is 5.87. The van der Waals surface area contributed by atoms with E-state index in [2.05, 4.69) is 45.9 Å². The van der Waals surface area contributed by atoms with Crippen LogP contribution in [0.1, 0.15) is 18.4 Å². The number of nitrogens with zero attached hydrogens (tertiary/aromatic N) is 2. The number of likely N-dealkylation sites (tertiary alicyclic amines) is 1. The second-order valence-corrected chi connectivity index (χ2v) is 6.85. The van der Waals surface area contributed by atoms with Crippen molar-refractivity contribution in [3.63, 3.8) is 0 Å². The van der Waals surface area contributed by atoms with Crippen LogP contribution >= 0.6 is 15.9 Å². The number of halogens is 1. The lowest BCUT2D eigenvalue weighted by molar-refractivity contribution is 0.156. The number of piperidine rings is 1. The molecule has 3 nitrogen and oxygen atoms in total. The van der Waals surface area contributed by atoms with E-state index in [9.17, 15) is 0 Å². The Morgan fingerprint density at radius 3 is 2.60 bits per heavy atom. The van der Waals surface area contributed by atoms with E-state index >= 15 is 0 Å². The lowest BCUT2D eigenvalue weighted by Gasteiger charge is -2.33. The van der Waals surface area contributed by atoms with Gasteiger partial charge in [-0.05, 0) is 64.1 Å². The molecule has 0 spiro atoms. The summed E-state index contributed by atoms with van der Waals surface area (Å²) >= 11 is 3.55. The molecule has 0 bridgehead atoms. The molecule has 20 heavy (non-hydrogen) atoms. The highest BCUT2D eigenvalue weighted by Crippen LogP contribution is 2.26. The lowest BCUT2D eigenvalue weighted by atomic mass is 9.96. The van der Waals surface area contributed by atoms with Crippen molar-refractivity contribution < 1.29 is 4.74 Å². The van der Waals surface area contributed by atoms with Crippen LogP contribution in [0.5, 0.6) is 5.75 Å². The van der Waals surface area contributed by atoms with Gasteiger partial charge in [0.2, 0.25) is 0 Å². The summed E-state index contributed by atoms with van der Waals surface area (Å²) in [5.74, 6) is 1.84. The molecule has 4 heteroatoms. The smallest absolute Gasteiger partial charge is 0.123 e. The molecule has 1 fully saturated rings. The van der Waals surface area contributed by atoms with Gasteiger partial charge in [0.15, 0.2) is 0 Å². The first-order chi connectivity index (χ1) is 9.58. The van der Waals surface area contributed by atoms with Crippen molar-refractivity contribution in [1.29, 1.82) is 0 Å². The molecule has 0 amide bonds. The van der Waals surface area contributed by atoms with E-state index < -0.39 is 0 Å². The van der Waals surface area contributed by atoms with Crippen molar-refractivity contribution in [2.75, 3.05) is 40.8 Å². The predicted molar refractivity (Wildman–Crippen MR) is 87.2 cm³/mol. The second kappa shape index (κ2) is 7.43. The van der Waals surface area contributed by atoms with Gasteiger partial charge < -0.3 is 9.64 Å². The highest BCUT2D eigenvalue weighted by atomic mass is 79.9. The average Bonchev–Trinajstić information content (AvgIpc) is 2.41. The summed E-state index contributed by atoms with van der Waals surface area (Å²) in [4.78, 5) is 4.84. The summed E-state index contributed by atoms with van der Waals surface area (Å²) in [6.07, 6.45) is 2.60. The van der Waals surface area contributed by atoms with E-state index in [-0.39, 0.29) is 0 Å². The SMILES string of the molecule is COc1ccc(Br)cc1CN1CCC(CN(C)C)CC1. The largest absolute Gasteiger partial charge is 0.496 e. The van der Waals surface area contributed by atoms with Crippen LogP contribution in [-0.4, -0.2) is 50.6 Å². The molecule has 1 aliphatic rings. The highest BCUT2D eigenvalue weighted by Gasteiger charge is 2.20. The van der Waals surface area contributed by atoms with Gasteiger partial charge in [0.25, 0.3) is 0 Å². The predicted octanol–water partition coefficient (Wildman–Crippen LogP) is 3.23. The van der Waals surface area contributed by atoms with E-state index in [0.29, 0.717) is 0 Å². The maximum Gasteiger partial charge on any atom is 0.123 e. The van der Waals surface area contributed by atoms with Crippen molar-refractivity contribution in [3.05, 3.63) is 28.2 Å². The molecule has 0 radical (unpaired) electrons. The Hall–Kier alpha value is -0.580. The fourth-order valence-electron chi connectivity index (χ4n) is 2.96. The molecule has 2 rings (SSSR count). The summed E-state index contributed by atoms with van der Waals surface area (Å²) in [6.45, 7) is 4.58. The van der Waals surface area contributed by atoms with Crippen molar-refractivity contribution in [2.24, 2.45) is 5.92 Å². The summed E-state index contributed by atoms with van der Waals surface area (Å²) in [7, 11) is 6.08. The van der Waals surface area contributed by atoms with Crippen LogP contribution in [-0.2, 0) is 6.54 Å². The number of methoxy groups -OCH3 is 1. The van der Waals surface area contributed by atoms with Gasteiger partial charge in [-0.25, -0.2) is 0 Å². The van der Waals surface area contributed by atoms with Gasteiger partial charge in [-0.15, -0.1) is 0 Å². The zero-order valence-electron chi connectivity index (χ0n) is 12.7. The zero-order chi connectivity index (χ0) is 14.5. The van der Waals surface area contributed by atoms with Crippen LogP contribution in [0.4, 0.5) is 0 Å². The molecule has 1 heterocycles. The number of ether oxygens (including phenoxy) is 1. The number of rotatable bonds is 5. The van der Waals surface area contributed by atoms with Crippen molar-refractivity contribution in [2.45, 2.75) is 19.4 Å². The molecular weight excluding hydrogens is 316 g/mol. The minimum atomic E-state index is 0.852. The molecule has 0 atom stereocenters. The summed E-state index contributed by atoms with van der Waals surface area (Å²) in [5, 5.41) is 0. The van der Waals surface area contributed by atoms with E-state index in [1.54, 1.807) is 7.11 Å². The van der Waals surface area contributed by atoms with Crippen molar-refractivity contribution in [3.8, 4) is 5.75 Å². The first-order valence-corrected chi connectivity index (χ1v) is 8.07. The number of benzene rings is 1. The van der Waals surface area contributed by atoms with Gasteiger partial charge in [0.05, 0.1) is 7.11 Å². The van der Waals surface area contributed by atoms with Crippen LogP contribution in [0.15, 0.2) is 22.7 Å². The third-order valence-corrected chi connectivity index (χ3v) is 4.46. The van der Waals surface area contributed by atoms with Gasteiger partial charge in [0.1, 0.15) is 5.75 Å². The van der Waals surface area contributed by atoms with Gasteiger partial charge in [0, 0.05) is 23.1 Å². The number of hydrogen-bond acceptors (Lipinski definition) is 3. The Morgan fingerprint density at radius 2 is 2.00 bits per heavy atom. The monoisotopic (exact) mass is 340 g/mol. The summed E-state index contributed by atoms with van der Waals surface area (Å²) in [6, 6.07) is 6.24. The van der Waals surface area contributed by atoms with E-state index in [0.717, 1.165) is 22.7 Å². The minimum absolute atomic E-state index is 0.852. The summed E-state index contributed by atoms with van der Waals surface area (Å²) < 4.78 is 6.58. The highest BCUT2D eigenvalue weighted by molar-refractivity contribution is 9.10. The van der Waals surface area contributed by atoms with Crippen molar-refractivity contribution >= 4 is 15.9 Å². The van der Waals surface area contributed by atoms with Crippen LogP contribution in [0.3, 0.4) is 0 Å². The Bertz CT molecular complexity index is 428. The quantitative estimate of drug-likeness (QED) is 0.818. The van der Waals surface area contributed by atoms with E-state index in [1.165, 1.54) is 38.0 Å². The van der Waals surface area contributed by atoms with Crippen molar-refractivity contribution in [1.82, 2.24) is 9.80 Å². The average molecular weight is 341 g/mol. The van der Waals surface area contributed by atoms with Crippen LogP contribution in [0.25, 0.3) is 0 Å². The van der Waals surface area contributed by atoms with Crippen LogP contribution < -0.4 is 4.74 Å². The van der Waals surface area contributed by atoms with E-state index in [4.69, 9.17) is 4.74 Å². The number of hydrogen-bond donors (Lipinski definition) is 0. The lowest BCUT2D eigenvalue weighted by Crippen LogP contribution is -2.36. The molecule has 112 valence electrons. The Balaban J connectivity index is 1.91. The third kappa shape index (κ3) is 4.47. The van der Waals surface area contributed by atoms with Crippen LogP contribution in [0.2, 0.25) is 0 Å². The topological polar surface area (TPSA) is 15.7 Å². The normalized spacial score (nSPS) is 17.6. The van der Waals surface area contributed by atoms with Crippen LogP contribution in [0, 0.1) is 5.92 Å². The zero-order valence-corrected chi connectivity index (χ0v) is 14.3. The molecule has 1 aromatic carbocycles. The second-order valence-electron chi connectivity index (χ2n) is 5.94. The minimum Gasteiger partial charge on any atom is -0.496 e. The first kappa shape index (κ1) is 15.8. The fraction of sp³-hybridized carbons (Fsp3) is 0.625. The third-order valence-electron chi connectivity index (χ3n) is 3.97. The molecule has 0 saturated carbocycles. The molecule has 1 aromatic rings. The molecule has 0 aromatic heterocycles. The Labute approximate surface area is 131 Å². The Morgan fingerprint density at radius 1 is 1.30 bits per heavy atom. The summed E-state index contributed by atoms with van der Waals surface area (Å²) in [5.41, 5.74) is 1.27. The van der Waals surface area contributed by atoms with Gasteiger partial charge in [-0.1, -0.05) is 15.9 Å².